The molecule has 0 unspecified atom stereocenters. The SMILES string of the molecule is C1=C\CCC2=C(\C=C/1)CCC2. The van der Waals surface area contributed by atoms with Gasteiger partial charge >= 0.3 is 0 Å². The Balaban J connectivity index is 2.23. The summed E-state index contributed by atoms with van der Waals surface area (Å²) in [6.07, 6.45) is 15.5. The van der Waals surface area contributed by atoms with E-state index in [0.717, 1.165) is 0 Å². The minimum absolute atomic E-state index is 1.24. The van der Waals surface area contributed by atoms with Gasteiger partial charge in [0.1, 0.15) is 0 Å². The molecule has 0 fully saturated rings. The summed E-state index contributed by atoms with van der Waals surface area (Å²) in [7, 11) is 0. The molecule has 0 aliphatic heterocycles. The first kappa shape index (κ1) is 6.90. The largest absolute Gasteiger partial charge is 0.0842 e. The Labute approximate surface area is 68.3 Å². The van der Waals surface area contributed by atoms with E-state index in [4.69, 9.17) is 0 Å². The van der Waals surface area contributed by atoms with Gasteiger partial charge in [-0.2, -0.15) is 0 Å². The fourth-order valence-corrected chi connectivity index (χ4v) is 1.92. The molecule has 2 aliphatic carbocycles. The van der Waals surface area contributed by atoms with Crippen LogP contribution in [0.15, 0.2) is 35.5 Å². The van der Waals surface area contributed by atoms with Crippen molar-refractivity contribution in [2.45, 2.75) is 32.1 Å². The predicted octanol–water partition coefficient (Wildman–Crippen LogP) is 3.37. The zero-order valence-corrected chi connectivity index (χ0v) is 6.84. The molecule has 2 rings (SSSR count). The molecule has 0 bridgehead atoms. The first-order chi connectivity index (χ1) is 5.47. The first-order valence-corrected chi connectivity index (χ1v) is 4.51. The van der Waals surface area contributed by atoms with Gasteiger partial charge in [-0.15, -0.1) is 0 Å². The van der Waals surface area contributed by atoms with Crippen LogP contribution in [0.3, 0.4) is 0 Å². The Morgan fingerprint density at radius 3 is 3.00 bits per heavy atom. The molecule has 0 spiro atoms. The molecule has 0 aromatic carbocycles. The highest BCUT2D eigenvalue weighted by Gasteiger charge is 2.11. The number of hydrogen-bond acceptors (Lipinski definition) is 0. The van der Waals surface area contributed by atoms with E-state index in [1.54, 1.807) is 11.1 Å². The van der Waals surface area contributed by atoms with E-state index in [-0.39, 0.29) is 0 Å². The van der Waals surface area contributed by atoms with Crippen LogP contribution in [0.2, 0.25) is 0 Å². The van der Waals surface area contributed by atoms with Crippen molar-refractivity contribution in [3.63, 3.8) is 0 Å². The smallest absolute Gasteiger partial charge is 0.0276 e. The lowest BCUT2D eigenvalue weighted by Crippen LogP contribution is -1.82. The van der Waals surface area contributed by atoms with Gasteiger partial charge in [-0.3, -0.25) is 0 Å². The van der Waals surface area contributed by atoms with E-state index in [2.05, 4.69) is 24.3 Å². The normalized spacial score (nSPS) is 29.1. The molecule has 0 nitrogen and oxygen atoms in total. The molecule has 58 valence electrons. The maximum Gasteiger partial charge on any atom is -0.0276 e. The van der Waals surface area contributed by atoms with E-state index in [0.29, 0.717) is 0 Å². The minimum atomic E-state index is 1.24. The van der Waals surface area contributed by atoms with E-state index >= 15 is 0 Å². The van der Waals surface area contributed by atoms with Crippen LogP contribution in [-0.2, 0) is 0 Å². The van der Waals surface area contributed by atoms with E-state index in [1.807, 2.05) is 0 Å². The maximum atomic E-state index is 2.29. The molecule has 0 aromatic heterocycles. The average Bonchev–Trinajstić information content (AvgIpc) is 2.35. The zero-order chi connectivity index (χ0) is 7.52. The van der Waals surface area contributed by atoms with Crippen molar-refractivity contribution < 1.29 is 0 Å². The second kappa shape index (κ2) is 3.08. The van der Waals surface area contributed by atoms with Crippen LogP contribution in [0.25, 0.3) is 0 Å². The predicted molar refractivity (Wildman–Crippen MR) is 48.4 cm³/mol. The van der Waals surface area contributed by atoms with Crippen molar-refractivity contribution in [3.05, 3.63) is 35.5 Å². The monoisotopic (exact) mass is 146 g/mol. The molecule has 2 aliphatic rings. The summed E-state index contributed by atoms with van der Waals surface area (Å²) in [5.74, 6) is 0. The third-order valence-corrected chi connectivity index (χ3v) is 2.54. The third kappa shape index (κ3) is 1.45. The van der Waals surface area contributed by atoms with E-state index in [1.165, 1.54) is 32.1 Å². The molecule has 0 atom stereocenters. The van der Waals surface area contributed by atoms with Gasteiger partial charge in [-0.1, -0.05) is 29.9 Å². The zero-order valence-electron chi connectivity index (χ0n) is 6.84. The lowest BCUT2D eigenvalue weighted by Gasteiger charge is -2.02. The topological polar surface area (TPSA) is 0 Å². The molecule has 0 aromatic rings. The molecule has 0 radical (unpaired) electrons. The third-order valence-electron chi connectivity index (χ3n) is 2.54. The second-order valence-electron chi connectivity index (χ2n) is 3.31. The molecular formula is C11H14. The average molecular weight is 146 g/mol. The van der Waals surface area contributed by atoms with Crippen LogP contribution in [0.5, 0.6) is 0 Å². The van der Waals surface area contributed by atoms with Crippen LogP contribution in [0.1, 0.15) is 32.1 Å². The van der Waals surface area contributed by atoms with Gasteiger partial charge in [0.2, 0.25) is 0 Å². The second-order valence-corrected chi connectivity index (χ2v) is 3.31. The fourth-order valence-electron chi connectivity index (χ4n) is 1.92. The number of rotatable bonds is 0. The lowest BCUT2D eigenvalue weighted by atomic mass is 10.0. The molecule has 0 saturated heterocycles. The van der Waals surface area contributed by atoms with Gasteiger partial charge in [-0.25, -0.2) is 0 Å². The molecule has 0 saturated carbocycles. The van der Waals surface area contributed by atoms with E-state index < -0.39 is 0 Å². The molecule has 0 heteroatoms. The highest BCUT2D eigenvalue weighted by Crippen LogP contribution is 2.30. The van der Waals surface area contributed by atoms with E-state index in [9.17, 15) is 0 Å². The number of hydrogen-bond donors (Lipinski definition) is 0. The molecular weight excluding hydrogens is 132 g/mol. The van der Waals surface area contributed by atoms with Crippen molar-refractivity contribution in [2.24, 2.45) is 0 Å². The highest BCUT2D eigenvalue weighted by atomic mass is 14.2. The van der Waals surface area contributed by atoms with Gasteiger partial charge in [-0.05, 0) is 37.7 Å². The van der Waals surface area contributed by atoms with Crippen LogP contribution in [-0.4, -0.2) is 0 Å². The van der Waals surface area contributed by atoms with Crippen molar-refractivity contribution in [2.75, 3.05) is 0 Å². The lowest BCUT2D eigenvalue weighted by molar-refractivity contribution is 0.855. The Hall–Kier alpha value is -0.780. The highest BCUT2D eigenvalue weighted by molar-refractivity contribution is 5.32. The maximum absolute atomic E-state index is 2.29. The van der Waals surface area contributed by atoms with Crippen molar-refractivity contribution >= 4 is 0 Å². The fraction of sp³-hybridized carbons (Fsp3) is 0.455. The van der Waals surface area contributed by atoms with Gasteiger partial charge in [0, 0.05) is 0 Å². The molecule has 0 heterocycles. The molecule has 11 heavy (non-hydrogen) atoms. The minimum Gasteiger partial charge on any atom is -0.0842 e. The standard InChI is InChI=1S/C11H14/c1-2-4-7-11-9-5-8-10(11)6-3-1/h1-3,6H,4-5,7-9H2/b2-1-,6-3-. The summed E-state index contributed by atoms with van der Waals surface area (Å²) < 4.78 is 0. The Kier molecular flexibility index (Phi) is 1.93. The van der Waals surface area contributed by atoms with Crippen molar-refractivity contribution in [1.29, 1.82) is 0 Å². The molecule has 0 N–H and O–H groups in total. The quantitative estimate of drug-likeness (QED) is 0.491. The summed E-state index contributed by atoms with van der Waals surface area (Å²) in [6.45, 7) is 0. The van der Waals surface area contributed by atoms with Gasteiger partial charge in [0.05, 0.1) is 0 Å². The summed E-state index contributed by atoms with van der Waals surface area (Å²) in [5, 5.41) is 0. The Morgan fingerprint density at radius 1 is 1.00 bits per heavy atom. The Bertz CT molecular complexity index is 228. The van der Waals surface area contributed by atoms with Crippen LogP contribution in [0, 0.1) is 0 Å². The number of allylic oxidation sites excluding steroid dienone is 6. The summed E-state index contributed by atoms with van der Waals surface area (Å²) in [4.78, 5) is 0. The summed E-state index contributed by atoms with van der Waals surface area (Å²) >= 11 is 0. The molecule has 0 amide bonds. The van der Waals surface area contributed by atoms with Gasteiger partial charge < -0.3 is 0 Å². The van der Waals surface area contributed by atoms with Crippen LogP contribution >= 0.6 is 0 Å². The van der Waals surface area contributed by atoms with Crippen molar-refractivity contribution in [3.8, 4) is 0 Å². The van der Waals surface area contributed by atoms with Crippen LogP contribution in [0.4, 0.5) is 0 Å². The first-order valence-electron chi connectivity index (χ1n) is 4.51. The van der Waals surface area contributed by atoms with Crippen LogP contribution < -0.4 is 0 Å². The summed E-state index contributed by atoms with van der Waals surface area (Å²) in [5.41, 5.74) is 3.33. The summed E-state index contributed by atoms with van der Waals surface area (Å²) in [6, 6.07) is 0. The van der Waals surface area contributed by atoms with Crippen molar-refractivity contribution in [1.82, 2.24) is 0 Å². The Morgan fingerprint density at radius 2 is 2.00 bits per heavy atom. The van der Waals surface area contributed by atoms with Gasteiger partial charge in [0.25, 0.3) is 0 Å². The van der Waals surface area contributed by atoms with Gasteiger partial charge in [0.15, 0.2) is 0 Å².